The minimum absolute atomic E-state index is 0.0587. The fraction of sp³-hybridized carbons (Fsp3) is 0.391. The molecule has 1 aliphatic carbocycles. The van der Waals surface area contributed by atoms with Gasteiger partial charge in [-0.1, -0.05) is 42.6 Å². The van der Waals surface area contributed by atoms with E-state index in [1.165, 1.54) is 0 Å². The van der Waals surface area contributed by atoms with Gasteiger partial charge < -0.3 is 21.1 Å². The zero-order chi connectivity index (χ0) is 22.2. The molecule has 0 bridgehead atoms. The summed E-state index contributed by atoms with van der Waals surface area (Å²) in [5.41, 5.74) is 2.07. The van der Waals surface area contributed by atoms with Gasteiger partial charge in [0.15, 0.2) is 0 Å². The Labute approximate surface area is 192 Å². The summed E-state index contributed by atoms with van der Waals surface area (Å²) in [5.74, 6) is 1.38. The zero-order valence-electron chi connectivity index (χ0n) is 17.8. The summed E-state index contributed by atoms with van der Waals surface area (Å²) in [5, 5.41) is 20.9. The summed E-state index contributed by atoms with van der Waals surface area (Å²) in [4.78, 5) is 17.9. The van der Waals surface area contributed by atoms with E-state index in [-0.39, 0.29) is 6.04 Å². The molecule has 9 heteroatoms. The first kappa shape index (κ1) is 22.2. The van der Waals surface area contributed by atoms with Crippen LogP contribution in [-0.2, 0) is 13.0 Å². The lowest BCUT2D eigenvalue weighted by Gasteiger charge is -2.28. The molecule has 0 aliphatic heterocycles. The van der Waals surface area contributed by atoms with E-state index < -0.39 is 6.10 Å². The van der Waals surface area contributed by atoms with Crippen molar-refractivity contribution in [1.82, 2.24) is 19.9 Å². The Balaban J connectivity index is 1.45. The van der Waals surface area contributed by atoms with Crippen molar-refractivity contribution in [3.05, 3.63) is 64.9 Å². The molecule has 2 heterocycles. The summed E-state index contributed by atoms with van der Waals surface area (Å²) in [7, 11) is 0. The van der Waals surface area contributed by atoms with Crippen LogP contribution in [0.1, 0.15) is 36.9 Å². The second-order valence-electron chi connectivity index (χ2n) is 7.89. The van der Waals surface area contributed by atoms with Gasteiger partial charge in [0, 0.05) is 36.4 Å². The van der Waals surface area contributed by atoms with Crippen LogP contribution in [0.4, 0.5) is 17.8 Å². The molecule has 2 unspecified atom stereocenters. The van der Waals surface area contributed by atoms with Crippen LogP contribution in [0, 0.1) is 0 Å². The molecule has 0 spiro atoms. The molecule has 1 aliphatic rings. The fourth-order valence-corrected chi connectivity index (χ4v) is 3.80. The van der Waals surface area contributed by atoms with Gasteiger partial charge >= 0.3 is 0 Å². The Morgan fingerprint density at radius 1 is 0.906 bits per heavy atom. The Bertz CT molecular complexity index is 987. The number of nitrogens with zero attached hydrogens (tertiary/aromatic N) is 4. The van der Waals surface area contributed by atoms with Crippen LogP contribution < -0.4 is 16.0 Å². The van der Waals surface area contributed by atoms with Crippen LogP contribution >= 0.6 is 11.6 Å². The highest BCUT2D eigenvalue weighted by atomic mass is 35.5. The molecule has 168 valence electrons. The third-order valence-electron chi connectivity index (χ3n) is 5.43. The maximum absolute atomic E-state index is 10.3. The molecule has 0 radical (unpaired) electrons. The molecule has 4 N–H and O–H groups in total. The standard InChI is InChI=1S/C23H28ClN7O/c24-17-10-8-16(9-11-17)15-27-22-29-21(26-14-12-18-5-3-4-13-25-18)30-23(31-22)28-19-6-1-2-7-20(19)32/h3-5,8-11,13,19-20,32H,1-2,6-7,12,14-15H2,(H3,26,27,28,29,30,31). The smallest absolute Gasteiger partial charge is 0.229 e. The van der Waals surface area contributed by atoms with Crippen molar-refractivity contribution in [1.29, 1.82) is 0 Å². The largest absolute Gasteiger partial charge is 0.391 e. The Morgan fingerprint density at radius 3 is 2.41 bits per heavy atom. The number of nitrogens with one attached hydrogen (secondary N) is 3. The number of anilines is 3. The number of aliphatic hydroxyl groups is 1. The van der Waals surface area contributed by atoms with Crippen LogP contribution in [0.15, 0.2) is 48.7 Å². The predicted octanol–water partition coefficient (Wildman–Crippen LogP) is 3.90. The average molecular weight is 454 g/mol. The maximum atomic E-state index is 10.3. The van der Waals surface area contributed by atoms with Gasteiger partial charge in [0.2, 0.25) is 17.8 Å². The highest BCUT2D eigenvalue weighted by molar-refractivity contribution is 6.30. The van der Waals surface area contributed by atoms with E-state index in [2.05, 4.69) is 35.9 Å². The van der Waals surface area contributed by atoms with Gasteiger partial charge in [0.1, 0.15) is 0 Å². The van der Waals surface area contributed by atoms with Gasteiger partial charge in [0.25, 0.3) is 0 Å². The topological polar surface area (TPSA) is 108 Å². The summed E-state index contributed by atoms with van der Waals surface area (Å²) in [6, 6.07) is 13.4. The number of benzene rings is 1. The number of pyridine rings is 1. The van der Waals surface area contributed by atoms with Crippen molar-refractivity contribution in [3.63, 3.8) is 0 Å². The van der Waals surface area contributed by atoms with Gasteiger partial charge in [-0.25, -0.2) is 0 Å². The summed E-state index contributed by atoms with van der Waals surface area (Å²) in [6.07, 6.45) is 5.95. The Hall–Kier alpha value is -2.97. The van der Waals surface area contributed by atoms with Crippen molar-refractivity contribution in [2.45, 2.75) is 50.8 Å². The summed E-state index contributed by atoms with van der Waals surface area (Å²) >= 11 is 5.97. The van der Waals surface area contributed by atoms with E-state index in [1.54, 1.807) is 6.20 Å². The van der Waals surface area contributed by atoms with Crippen molar-refractivity contribution in [2.24, 2.45) is 0 Å². The lowest BCUT2D eigenvalue weighted by atomic mass is 9.93. The van der Waals surface area contributed by atoms with Crippen LogP contribution in [-0.4, -0.2) is 43.7 Å². The fourth-order valence-electron chi connectivity index (χ4n) is 3.68. The number of aromatic nitrogens is 4. The predicted molar refractivity (Wildman–Crippen MR) is 127 cm³/mol. The van der Waals surface area contributed by atoms with E-state index in [0.717, 1.165) is 43.4 Å². The van der Waals surface area contributed by atoms with E-state index in [4.69, 9.17) is 11.6 Å². The second-order valence-corrected chi connectivity index (χ2v) is 8.32. The van der Waals surface area contributed by atoms with Crippen LogP contribution in [0.3, 0.4) is 0 Å². The number of halogens is 1. The van der Waals surface area contributed by atoms with E-state index in [9.17, 15) is 5.11 Å². The maximum Gasteiger partial charge on any atom is 0.229 e. The Kier molecular flexibility index (Phi) is 7.68. The lowest BCUT2D eigenvalue weighted by molar-refractivity contribution is 0.116. The number of rotatable bonds is 9. The zero-order valence-corrected chi connectivity index (χ0v) is 18.6. The molecule has 1 aromatic carbocycles. The first-order chi connectivity index (χ1) is 15.7. The SMILES string of the molecule is OC1CCCCC1Nc1nc(NCCc2ccccn2)nc(NCc2ccc(Cl)cc2)n1. The molecule has 4 rings (SSSR count). The lowest BCUT2D eigenvalue weighted by Crippen LogP contribution is -2.37. The van der Waals surface area contributed by atoms with Crippen molar-refractivity contribution < 1.29 is 5.11 Å². The molecular formula is C23H28ClN7O. The highest BCUT2D eigenvalue weighted by Gasteiger charge is 2.24. The van der Waals surface area contributed by atoms with E-state index in [0.29, 0.717) is 36.0 Å². The minimum atomic E-state index is -0.397. The molecule has 32 heavy (non-hydrogen) atoms. The van der Waals surface area contributed by atoms with Gasteiger partial charge in [-0.3, -0.25) is 4.98 Å². The minimum Gasteiger partial charge on any atom is -0.391 e. The van der Waals surface area contributed by atoms with Crippen LogP contribution in [0.5, 0.6) is 0 Å². The second kappa shape index (κ2) is 11.1. The van der Waals surface area contributed by atoms with Crippen molar-refractivity contribution in [2.75, 3.05) is 22.5 Å². The molecule has 8 nitrogen and oxygen atoms in total. The molecule has 0 amide bonds. The first-order valence-electron chi connectivity index (χ1n) is 11.0. The van der Waals surface area contributed by atoms with Gasteiger partial charge in [-0.05, 0) is 42.7 Å². The Morgan fingerprint density at radius 2 is 1.66 bits per heavy atom. The van der Waals surface area contributed by atoms with Gasteiger partial charge in [-0.15, -0.1) is 0 Å². The molecule has 1 fully saturated rings. The van der Waals surface area contributed by atoms with Crippen molar-refractivity contribution >= 4 is 29.4 Å². The number of hydrogen-bond acceptors (Lipinski definition) is 8. The molecular weight excluding hydrogens is 426 g/mol. The van der Waals surface area contributed by atoms with E-state index in [1.807, 2.05) is 42.5 Å². The third-order valence-corrected chi connectivity index (χ3v) is 5.69. The number of hydrogen-bond donors (Lipinski definition) is 4. The molecule has 2 aromatic heterocycles. The monoisotopic (exact) mass is 453 g/mol. The molecule has 2 atom stereocenters. The number of aliphatic hydroxyl groups excluding tert-OH is 1. The van der Waals surface area contributed by atoms with Gasteiger partial charge in [0.05, 0.1) is 12.1 Å². The molecule has 1 saturated carbocycles. The highest BCUT2D eigenvalue weighted by Crippen LogP contribution is 2.22. The normalized spacial score (nSPS) is 18.2. The van der Waals surface area contributed by atoms with E-state index >= 15 is 0 Å². The average Bonchev–Trinajstić information content (AvgIpc) is 2.81. The van der Waals surface area contributed by atoms with Crippen LogP contribution in [0.2, 0.25) is 5.02 Å². The first-order valence-corrected chi connectivity index (χ1v) is 11.4. The van der Waals surface area contributed by atoms with Gasteiger partial charge in [-0.2, -0.15) is 15.0 Å². The molecule has 3 aromatic rings. The third kappa shape index (κ3) is 6.51. The summed E-state index contributed by atoms with van der Waals surface area (Å²) in [6.45, 7) is 1.20. The summed E-state index contributed by atoms with van der Waals surface area (Å²) < 4.78 is 0. The van der Waals surface area contributed by atoms with Crippen molar-refractivity contribution in [3.8, 4) is 0 Å². The quantitative estimate of drug-likeness (QED) is 0.386. The molecule has 0 saturated heterocycles. The van der Waals surface area contributed by atoms with Crippen LogP contribution in [0.25, 0.3) is 0 Å².